The molecule has 0 heterocycles. The van der Waals surface area contributed by atoms with E-state index in [-0.39, 0.29) is 108 Å². The number of esters is 2. The number of unbranched alkanes of at least 4 members (excludes halogenated alkanes) is 1. The van der Waals surface area contributed by atoms with Crippen LogP contribution in [-0.2, 0) is 66.5 Å². The third-order valence-electron chi connectivity index (χ3n) is 11.6. The van der Waals surface area contributed by atoms with E-state index in [9.17, 15) is 67.1 Å². The minimum absolute atomic E-state index is 0.00413. The van der Waals surface area contributed by atoms with Crippen molar-refractivity contribution in [1.82, 2.24) is 78.5 Å². The van der Waals surface area contributed by atoms with Crippen molar-refractivity contribution in [3.8, 4) is 0 Å². The van der Waals surface area contributed by atoms with Crippen molar-refractivity contribution in [3.05, 3.63) is 0 Å². The number of nitrogens with zero attached hydrogens (tertiary/aromatic N) is 3. The number of hydrogen-bond donors (Lipinski definition) is 12. The molecule has 0 radical (unpaired) electrons. The Labute approximate surface area is 563 Å². The molecule has 39 heteroatoms. The molecule has 0 rings (SSSR count). The van der Waals surface area contributed by atoms with Gasteiger partial charge >= 0.3 is 72.7 Å². The summed E-state index contributed by atoms with van der Waals surface area (Å²) in [5, 5.41) is 28.2. The van der Waals surface area contributed by atoms with Gasteiger partial charge in [-0.3, -0.25) is 24.1 Å². The Kier molecular flexibility index (Phi) is 67.0. The SMILES string of the molecule is CCC(=O)OCC(CC)(COC(=O)NC)COC(=O)NC.CCC(=O)OCCCCC(COC(=O)NC)CC(=O)NC.CN(C)C.CNC(=O)CC(COC(=O)NC)COC(=O)NC.CNC(=O)N(C)C(=O)NC.CNC(=O)OCCN(CCOC(=O)NC)CCOC(=O)NC. The van der Waals surface area contributed by atoms with Gasteiger partial charge in [-0.1, -0.05) is 20.8 Å². The average Bonchev–Trinajstić information content (AvgIpc) is 0.956. The van der Waals surface area contributed by atoms with Gasteiger partial charge in [0.15, 0.2) is 0 Å². The molecular weight excluding hydrogens is 1280 g/mol. The van der Waals surface area contributed by atoms with Crippen molar-refractivity contribution < 1.29 is 114 Å². The number of rotatable bonds is 33. The predicted molar refractivity (Wildman–Crippen MR) is 349 cm³/mol. The zero-order valence-corrected chi connectivity index (χ0v) is 59.6. The predicted octanol–water partition coefficient (Wildman–Crippen LogP) is 0.848. The summed E-state index contributed by atoms with van der Waals surface area (Å²) in [7, 11) is 25.0. The summed E-state index contributed by atoms with van der Waals surface area (Å²) in [6, 6.07) is -0.862. The molecular formula is C57H113N15O24. The van der Waals surface area contributed by atoms with Gasteiger partial charge in [-0.05, 0) is 46.8 Å². The van der Waals surface area contributed by atoms with Crippen LogP contribution in [0.3, 0.4) is 0 Å². The Hall–Kier alpha value is -9.30. The molecule has 96 heavy (non-hydrogen) atoms. The van der Waals surface area contributed by atoms with Gasteiger partial charge in [0.05, 0.1) is 31.8 Å². The van der Waals surface area contributed by atoms with Crippen molar-refractivity contribution >= 4 is 84.6 Å². The largest absolute Gasteiger partial charge is 0.466 e. The third kappa shape index (κ3) is 63.5. The van der Waals surface area contributed by atoms with Crippen LogP contribution in [0.1, 0.15) is 72.1 Å². The highest BCUT2D eigenvalue weighted by atomic mass is 16.6. The molecule has 560 valence electrons. The van der Waals surface area contributed by atoms with Gasteiger partial charge in [0.25, 0.3) is 0 Å². The fourth-order valence-corrected chi connectivity index (χ4v) is 5.89. The second kappa shape index (κ2) is 65.7. The molecule has 0 aliphatic rings. The maximum Gasteiger partial charge on any atom is 0.406 e. The van der Waals surface area contributed by atoms with E-state index in [1.165, 1.54) is 84.6 Å². The van der Waals surface area contributed by atoms with Crippen molar-refractivity contribution in [1.29, 1.82) is 0 Å². The lowest BCUT2D eigenvalue weighted by Gasteiger charge is -2.30. The first-order valence-corrected chi connectivity index (χ1v) is 30.4. The number of ether oxygens (including phenoxy) is 10. The number of imide groups is 1. The van der Waals surface area contributed by atoms with E-state index >= 15 is 0 Å². The lowest BCUT2D eigenvalue weighted by Crippen LogP contribution is -2.43. The van der Waals surface area contributed by atoms with E-state index < -0.39 is 66.2 Å². The van der Waals surface area contributed by atoms with Gasteiger partial charge in [-0.2, -0.15) is 0 Å². The maximum atomic E-state index is 11.4. The summed E-state index contributed by atoms with van der Waals surface area (Å²) >= 11 is 0. The quantitative estimate of drug-likeness (QED) is 0.0246. The van der Waals surface area contributed by atoms with Gasteiger partial charge in [0.1, 0.15) is 39.6 Å². The smallest absolute Gasteiger partial charge is 0.406 e. The Morgan fingerprint density at radius 2 is 0.635 bits per heavy atom. The highest BCUT2D eigenvalue weighted by molar-refractivity contribution is 5.92. The van der Waals surface area contributed by atoms with Crippen LogP contribution < -0.4 is 63.8 Å². The number of nitrogens with one attached hydrogen (secondary N) is 12. The van der Waals surface area contributed by atoms with Crippen molar-refractivity contribution in [2.24, 2.45) is 17.3 Å². The van der Waals surface area contributed by atoms with Crippen molar-refractivity contribution in [3.63, 3.8) is 0 Å². The molecule has 0 saturated carbocycles. The molecule has 0 spiro atoms. The normalized spacial score (nSPS) is 10.1. The molecule has 0 aliphatic heterocycles. The number of alkyl carbamates (subject to hydrolysis) is 8. The van der Waals surface area contributed by atoms with E-state index in [0.717, 1.165) is 24.2 Å². The summed E-state index contributed by atoms with van der Waals surface area (Å²) in [4.78, 5) is 159. The van der Waals surface area contributed by atoms with Crippen LogP contribution >= 0.6 is 0 Å². The molecule has 0 aromatic carbocycles. The Balaban J connectivity index is -0.000000264. The summed E-state index contributed by atoms with van der Waals surface area (Å²) in [5.74, 6) is -1.31. The van der Waals surface area contributed by atoms with Gasteiger partial charge in [-0.25, -0.2) is 52.8 Å². The van der Waals surface area contributed by atoms with Gasteiger partial charge in [0.2, 0.25) is 11.8 Å². The van der Waals surface area contributed by atoms with E-state index in [1.807, 2.05) is 37.9 Å². The van der Waals surface area contributed by atoms with Crippen LogP contribution in [0, 0.1) is 17.3 Å². The Bertz CT molecular complexity index is 2060. The lowest BCUT2D eigenvalue weighted by molar-refractivity contribution is -0.149. The zero-order chi connectivity index (χ0) is 74.9. The molecule has 0 bridgehead atoms. The number of urea groups is 2. The minimum Gasteiger partial charge on any atom is -0.466 e. The van der Waals surface area contributed by atoms with Crippen molar-refractivity contribution in [2.75, 3.05) is 198 Å². The first-order valence-electron chi connectivity index (χ1n) is 30.4. The van der Waals surface area contributed by atoms with Crippen LogP contribution in [0.15, 0.2) is 0 Å². The van der Waals surface area contributed by atoms with Crippen LogP contribution in [0.25, 0.3) is 0 Å². The van der Waals surface area contributed by atoms with Gasteiger partial charge in [0, 0.05) is 149 Å². The Morgan fingerprint density at radius 3 is 0.938 bits per heavy atom. The maximum absolute atomic E-state index is 11.4. The molecule has 0 aromatic heterocycles. The molecule has 12 N–H and O–H groups in total. The van der Waals surface area contributed by atoms with E-state index in [4.69, 9.17) is 47.4 Å². The van der Waals surface area contributed by atoms with Crippen LogP contribution in [0.2, 0.25) is 0 Å². The summed E-state index contributed by atoms with van der Waals surface area (Å²) < 4.78 is 49.4. The van der Waals surface area contributed by atoms with Crippen LogP contribution in [0.5, 0.6) is 0 Å². The summed E-state index contributed by atoms with van der Waals surface area (Å²) in [6.45, 7) is 7.52. The van der Waals surface area contributed by atoms with Crippen LogP contribution in [0.4, 0.5) is 47.9 Å². The first-order chi connectivity index (χ1) is 45.4. The van der Waals surface area contributed by atoms with Gasteiger partial charge < -0.3 is 116 Å². The van der Waals surface area contributed by atoms with E-state index in [1.54, 1.807) is 20.9 Å². The van der Waals surface area contributed by atoms with E-state index in [0.29, 0.717) is 45.5 Å². The lowest BCUT2D eigenvalue weighted by atomic mass is 9.88. The van der Waals surface area contributed by atoms with Crippen molar-refractivity contribution in [2.45, 2.75) is 72.1 Å². The second-order valence-electron chi connectivity index (χ2n) is 19.6. The highest BCUT2D eigenvalue weighted by Gasteiger charge is 2.34. The minimum atomic E-state index is -0.774. The molecule has 0 fully saturated rings. The Morgan fingerprint density at radius 1 is 0.344 bits per heavy atom. The highest BCUT2D eigenvalue weighted by Crippen LogP contribution is 2.24. The fourth-order valence-electron chi connectivity index (χ4n) is 5.89. The molecule has 0 aromatic rings. The molecule has 0 aliphatic carbocycles. The molecule has 39 nitrogen and oxygen atoms in total. The monoisotopic (exact) mass is 1390 g/mol. The standard InChI is InChI=1S/C14H26N2O5.C13H24N2O6.C12H24N4O6.C10H19N3O5.C5H11N3O2.C3H9N/c1-4-13(18)20-8-6-5-7-11(9-12(17)15-2)10-21-14(19)16-3;1-5-10(16)19-7-13(6-2,8-20-11(17)14-3)9-21-12(18)15-4;1-13-10(17)20-7-4-16(5-8-21-11(18)14-2)6-9-22-12(19)15-3;1-11-8(14)4-7(5-17-9(15)12-2)6-18-10(16)13-3;1-6-4(9)8(3)5(10)7-2;1-4(2)3/h11H,4-10H2,1-3H3,(H,15,17)(H,16,19);5-9H2,1-4H3,(H,14,17)(H,15,18);4-9H2,1-3H3,(H,13,17)(H,14,18)(H,15,19);7H,4-6H2,1-3H3,(H,11,14)(H,12,15)(H,13,16);1-3H3,(H,6,9)(H,7,10);1-3H3. The zero-order valence-electron chi connectivity index (χ0n) is 59.6. The molecule has 1 unspecified atom stereocenters. The molecule has 1 atom stereocenters. The molecule has 14 amide bonds. The first kappa shape index (κ1) is 97.8. The number of carbonyl (C=O) groups is 14. The summed E-state index contributed by atoms with van der Waals surface area (Å²) in [6.07, 6.45) is -0.697. The number of carbonyl (C=O) groups excluding carboxylic acids is 14. The fraction of sp³-hybridized carbons (Fsp3) is 0.754. The summed E-state index contributed by atoms with van der Waals surface area (Å²) in [5.41, 5.74) is -0.774. The average molecular weight is 1390 g/mol. The topological polar surface area (TPSA) is 485 Å². The van der Waals surface area contributed by atoms with E-state index in [2.05, 4.69) is 63.8 Å². The second-order valence-corrected chi connectivity index (χ2v) is 19.6. The van der Waals surface area contributed by atoms with Gasteiger partial charge in [-0.15, -0.1) is 0 Å². The number of hydrogen-bond acceptors (Lipinski definition) is 26. The third-order valence-corrected chi connectivity index (χ3v) is 11.6. The van der Waals surface area contributed by atoms with Crippen LogP contribution in [-0.4, -0.2) is 298 Å². The molecule has 0 saturated heterocycles. The number of amides is 14.